The molecule has 1 saturated heterocycles. The fourth-order valence-electron chi connectivity index (χ4n) is 2.80. The molecule has 1 aliphatic heterocycles. The summed E-state index contributed by atoms with van der Waals surface area (Å²) in [6.45, 7) is 4.60. The Bertz CT molecular complexity index is 714. The number of amides is 1. The molecular formula is C19H22N2O2S. The number of anilines is 1. The number of hydrogen-bond acceptors (Lipinski definition) is 4. The van der Waals surface area contributed by atoms with Gasteiger partial charge in [-0.25, -0.2) is 4.98 Å². The Morgan fingerprint density at radius 3 is 2.96 bits per heavy atom. The van der Waals surface area contributed by atoms with E-state index in [-0.39, 0.29) is 12.0 Å². The smallest absolute Gasteiger partial charge is 0.263 e. The number of aryl methyl sites for hydroxylation is 1. The zero-order chi connectivity index (χ0) is 16.9. The van der Waals surface area contributed by atoms with Gasteiger partial charge in [0.2, 0.25) is 5.88 Å². The lowest BCUT2D eigenvalue weighted by Crippen LogP contribution is -2.31. The van der Waals surface area contributed by atoms with Crippen LogP contribution in [0.2, 0.25) is 0 Å². The summed E-state index contributed by atoms with van der Waals surface area (Å²) in [5, 5.41) is 0. The van der Waals surface area contributed by atoms with Crippen LogP contribution in [-0.2, 0) is 0 Å². The Labute approximate surface area is 147 Å². The van der Waals surface area contributed by atoms with Crippen LogP contribution in [0.3, 0.4) is 0 Å². The predicted molar refractivity (Wildman–Crippen MR) is 99.1 cm³/mol. The third-order valence-electron chi connectivity index (χ3n) is 4.04. The van der Waals surface area contributed by atoms with Crippen molar-refractivity contribution in [2.45, 2.75) is 26.4 Å². The zero-order valence-electron chi connectivity index (χ0n) is 14.1. The number of benzene rings is 1. The van der Waals surface area contributed by atoms with Crippen LogP contribution >= 0.6 is 11.8 Å². The van der Waals surface area contributed by atoms with Crippen LogP contribution in [0, 0.1) is 6.92 Å². The van der Waals surface area contributed by atoms with E-state index in [0.717, 1.165) is 29.2 Å². The molecule has 24 heavy (non-hydrogen) atoms. The molecule has 2 heterocycles. The topological polar surface area (TPSA) is 42.4 Å². The van der Waals surface area contributed by atoms with Gasteiger partial charge in [-0.05, 0) is 55.9 Å². The first-order valence-electron chi connectivity index (χ1n) is 8.27. The van der Waals surface area contributed by atoms with Crippen molar-refractivity contribution in [2.24, 2.45) is 0 Å². The van der Waals surface area contributed by atoms with Crippen molar-refractivity contribution in [3.05, 3.63) is 53.7 Å². The number of nitrogens with zero attached hydrogens (tertiary/aromatic N) is 2. The van der Waals surface area contributed by atoms with E-state index in [1.54, 1.807) is 23.2 Å². The van der Waals surface area contributed by atoms with Gasteiger partial charge in [0.1, 0.15) is 11.7 Å². The molecule has 1 aromatic carbocycles. The molecule has 5 heteroatoms. The van der Waals surface area contributed by atoms with Gasteiger partial charge in [0.25, 0.3) is 5.91 Å². The second kappa shape index (κ2) is 7.71. The van der Waals surface area contributed by atoms with Crippen LogP contribution in [0.4, 0.5) is 5.69 Å². The molecule has 0 bridgehead atoms. The van der Waals surface area contributed by atoms with E-state index in [2.05, 4.69) is 4.98 Å². The molecule has 0 aliphatic carbocycles. The van der Waals surface area contributed by atoms with Gasteiger partial charge in [-0.1, -0.05) is 12.1 Å². The number of aromatic nitrogens is 1. The first-order valence-corrected chi connectivity index (χ1v) is 9.42. The molecule has 1 atom stereocenters. The molecule has 0 spiro atoms. The Morgan fingerprint density at radius 2 is 2.25 bits per heavy atom. The highest BCUT2D eigenvalue weighted by Gasteiger charge is 2.24. The number of pyridine rings is 1. The molecule has 4 nitrogen and oxygen atoms in total. The molecule has 1 aliphatic rings. The average Bonchev–Trinajstić information content (AvgIpc) is 3.09. The molecule has 0 radical (unpaired) electrons. The summed E-state index contributed by atoms with van der Waals surface area (Å²) in [5.41, 5.74) is 2.55. The Balaban J connectivity index is 1.87. The van der Waals surface area contributed by atoms with Crippen molar-refractivity contribution in [1.29, 1.82) is 0 Å². The van der Waals surface area contributed by atoms with E-state index < -0.39 is 0 Å². The average molecular weight is 342 g/mol. The van der Waals surface area contributed by atoms with Gasteiger partial charge in [0.05, 0.1) is 0 Å². The molecule has 1 amide bonds. The summed E-state index contributed by atoms with van der Waals surface area (Å²) >= 11 is 1.88. The largest absolute Gasteiger partial charge is 0.473 e. The van der Waals surface area contributed by atoms with Gasteiger partial charge in [0.15, 0.2) is 0 Å². The summed E-state index contributed by atoms with van der Waals surface area (Å²) in [7, 11) is 0. The number of carbonyl (C=O) groups is 1. The summed E-state index contributed by atoms with van der Waals surface area (Å²) in [6, 6.07) is 11.6. The van der Waals surface area contributed by atoms with E-state index in [1.807, 2.05) is 49.9 Å². The number of hydrogen-bond donors (Lipinski definition) is 0. The summed E-state index contributed by atoms with van der Waals surface area (Å²) in [5.74, 6) is 2.43. The van der Waals surface area contributed by atoms with Gasteiger partial charge in [-0.2, -0.15) is 11.8 Å². The summed E-state index contributed by atoms with van der Waals surface area (Å²) < 4.78 is 6.00. The second-order valence-electron chi connectivity index (χ2n) is 5.85. The van der Waals surface area contributed by atoms with Crippen LogP contribution in [0.25, 0.3) is 0 Å². The highest BCUT2D eigenvalue weighted by atomic mass is 32.2. The van der Waals surface area contributed by atoms with E-state index in [4.69, 9.17) is 4.74 Å². The molecule has 0 saturated carbocycles. The number of ether oxygens (including phenoxy) is 1. The van der Waals surface area contributed by atoms with Crippen molar-refractivity contribution in [3.8, 4) is 5.88 Å². The van der Waals surface area contributed by atoms with Crippen LogP contribution in [-0.4, -0.2) is 35.0 Å². The van der Waals surface area contributed by atoms with E-state index in [0.29, 0.717) is 18.0 Å². The van der Waals surface area contributed by atoms with Crippen molar-refractivity contribution >= 4 is 23.4 Å². The fourth-order valence-corrected chi connectivity index (χ4v) is 3.89. The van der Waals surface area contributed by atoms with E-state index in [1.165, 1.54) is 0 Å². The van der Waals surface area contributed by atoms with Crippen LogP contribution in [0.1, 0.15) is 29.3 Å². The first-order chi connectivity index (χ1) is 11.7. The SMILES string of the molecule is CCN(C(=O)c1cccnc1OC1CCSC1)c1cccc(C)c1. The lowest BCUT2D eigenvalue weighted by atomic mass is 10.1. The van der Waals surface area contributed by atoms with Crippen LogP contribution in [0.15, 0.2) is 42.6 Å². The highest BCUT2D eigenvalue weighted by Crippen LogP contribution is 2.26. The fraction of sp³-hybridized carbons (Fsp3) is 0.368. The van der Waals surface area contributed by atoms with Gasteiger partial charge in [-0.3, -0.25) is 4.79 Å². The Kier molecular flexibility index (Phi) is 5.41. The number of carbonyl (C=O) groups excluding carboxylic acids is 1. The predicted octanol–water partition coefficient (Wildman–Crippen LogP) is 3.94. The standard InChI is InChI=1S/C19H22N2O2S/c1-3-21(15-7-4-6-14(2)12-15)19(22)17-8-5-10-20-18(17)23-16-9-11-24-13-16/h4-8,10,12,16H,3,9,11,13H2,1-2H3. The van der Waals surface area contributed by atoms with Crippen molar-refractivity contribution in [3.63, 3.8) is 0 Å². The molecule has 0 N–H and O–H groups in total. The van der Waals surface area contributed by atoms with Gasteiger partial charge in [-0.15, -0.1) is 0 Å². The summed E-state index contributed by atoms with van der Waals surface area (Å²) in [6.07, 6.45) is 2.83. The van der Waals surface area contributed by atoms with E-state index in [9.17, 15) is 4.79 Å². The minimum absolute atomic E-state index is 0.0724. The lowest BCUT2D eigenvalue weighted by Gasteiger charge is -2.23. The van der Waals surface area contributed by atoms with Gasteiger partial charge < -0.3 is 9.64 Å². The van der Waals surface area contributed by atoms with Crippen molar-refractivity contribution in [1.82, 2.24) is 4.98 Å². The number of thioether (sulfide) groups is 1. The third-order valence-corrected chi connectivity index (χ3v) is 5.17. The second-order valence-corrected chi connectivity index (χ2v) is 7.00. The number of rotatable bonds is 5. The maximum Gasteiger partial charge on any atom is 0.263 e. The van der Waals surface area contributed by atoms with Gasteiger partial charge >= 0.3 is 0 Å². The monoisotopic (exact) mass is 342 g/mol. The molecule has 1 unspecified atom stereocenters. The van der Waals surface area contributed by atoms with Crippen LogP contribution in [0.5, 0.6) is 5.88 Å². The molecule has 2 aromatic rings. The first kappa shape index (κ1) is 16.8. The molecule has 126 valence electrons. The molecule has 3 rings (SSSR count). The lowest BCUT2D eigenvalue weighted by molar-refractivity contribution is 0.0980. The van der Waals surface area contributed by atoms with Gasteiger partial charge in [0, 0.05) is 24.2 Å². The minimum Gasteiger partial charge on any atom is -0.473 e. The minimum atomic E-state index is -0.0724. The Hall–Kier alpha value is -2.01. The van der Waals surface area contributed by atoms with Crippen LogP contribution < -0.4 is 9.64 Å². The van der Waals surface area contributed by atoms with Crippen molar-refractivity contribution in [2.75, 3.05) is 23.0 Å². The molecular weight excluding hydrogens is 320 g/mol. The quantitative estimate of drug-likeness (QED) is 0.825. The Morgan fingerprint density at radius 1 is 1.38 bits per heavy atom. The third kappa shape index (κ3) is 3.73. The normalized spacial score (nSPS) is 16.8. The van der Waals surface area contributed by atoms with E-state index >= 15 is 0 Å². The summed E-state index contributed by atoms with van der Waals surface area (Å²) in [4.78, 5) is 19.2. The molecule has 1 fully saturated rings. The highest BCUT2D eigenvalue weighted by molar-refractivity contribution is 7.99. The molecule has 1 aromatic heterocycles. The maximum absolute atomic E-state index is 13.1. The van der Waals surface area contributed by atoms with Crippen molar-refractivity contribution < 1.29 is 9.53 Å². The zero-order valence-corrected chi connectivity index (χ0v) is 14.9. The maximum atomic E-state index is 13.1.